The van der Waals surface area contributed by atoms with Gasteiger partial charge in [0.05, 0.1) is 23.6 Å². The molecular formula is C23H19N3O3. The number of nitriles is 1. The van der Waals surface area contributed by atoms with Crippen LogP contribution >= 0.6 is 0 Å². The van der Waals surface area contributed by atoms with Crippen molar-refractivity contribution < 1.29 is 13.9 Å². The van der Waals surface area contributed by atoms with E-state index in [1.807, 2.05) is 37.3 Å². The van der Waals surface area contributed by atoms with E-state index < -0.39 is 0 Å². The van der Waals surface area contributed by atoms with Crippen molar-refractivity contribution in [1.82, 2.24) is 5.01 Å². The first kappa shape index (κ1) is 18.5. The highest BCUT2D eigenvalue weighted by molar-refractivity contribution is 6.03. The van der Waals surface area contributed by atoms with E-state index in [4.69, 9.17) is 14.4 Å². The molecule has 0 saturated heterocycles. The molecule has 2 heterocycles. The Morgan fingerprint density at radius 1 is 1.21 bits per heavy atom. The fraction of sp³-hybridized carbons (Fsp3) is 0.174. The van der Waals surface area contributed by atoms with Crippen LogP contribution in [0.15, 0.2) is 76.4 Å². The molecule has 144 valence electrons. The van der Waals surface area contributed by atoms with Crippen LogP contribution in [0.4, 0.5) is 0 Å². The van der Waals surface area contributed by atoms with Crippen LogP contribution in [0, 0.1) is 18.3 Å². The second-order valence-corrected chi connectivity index (χ2v) is 6.81. The summed E-state index contributed by atoms with van der Waals surface area (Å²) in [5.74, 6) is 0.939. The molecule has 6 nitrogen and oxygen atoms in total. The largest absolute Gasteiger partial charge is 0.484 e. The van der Waals surface area contributed by atoms with E-state index in [-0.39, 0.29) is 18.6 Å². The molecule has 0 fully saturated rings. The van der Waals surface area contributed by atoms with Crippen LogP contribution in [-0.4, -0.2) is 23.2 Å². The molecule has 1 amide bonds. The molecule has 4 rings (SSSR count). The van der Waals surface area contributed by atoms with Crippen LogP contribution in [-0.2, 0) is 4.79 Å². The summed E-state index contributed by atoms with van der Waals surface area (Å²) in [5, 5.41) is 14.9. The summed E-state index contributed by atoms with van der Waals surface area (Å²) in [6.07, 6.45) is 2.16. The number of ether oxygens (including phenoxy) is 1. The third-order valence-electron chi connectivity index (χ3n) is 4.77. The topological polar surface area (TPSA) is 78.8 Å². The highest BCUT2D eigenvalue weighted by Gasteiger charge is 2.35. The number of furan rings is 1. The zero-order valence-electron chi connectivity index (χ0n) is 15.9. The third-order valence-corrected chi connectivity index (χ3v) is 4.77. The number of carbonyl (C=O) groups is 1. The average Bonchev–Trinajstić information content (AvgIpc) is 3.43. The lowest BCUT2D eigenvalue weighted by atomic mass is 10.0. The van der Waals surface area contributed by atoms with E-state index in [1.54, 1.807) is 36.6 Å². The van der Waals surface area contributed by atoms with Gasteiger partial charge in [-0.1, -0.05) is 29.8 Å². The smallest absolute Gasteiger partial charge is 0.281 e. The molecule has 1 unspecified atom stereocenters. The van der Waals surface area contributed by atoms with Crippen molar-refractivity contribution in [2.24, 2.45) is 5.10 Å². The van der Waals surface area contributed by atoms with E-state index in [0.29, 0.717) is 23.5 Å². The lowest BCUT2D eigenvalue weighted by molar-refractivity contribution is -0.135. The molecule has 0 saturated carbocycles. The lowest BCUT2D eigenvalue weighted by Gasteiger charge is -2.20. The summed E-state index contributed by atoms with van der Waals surface area (Å²) >= 11 is 0. The first-order valence-corrected chi connectivity index (χ1v) is 9.27. The van der Waals surface area contributed by atoms with Gasteiger partial charge < -0.3 is 9.15 Å². The minimum atomic E-state index is -0.307. The third kappa shape index (κ3) is 4.04. The SMILES string of the molecule is Cc1ccc(C2=NN(C(=O)COc3ccc(C#N)cc3)C(c3ccco3)C2)cc1. The zero-order valence-corrected chi connectivity index (χ0v) is 15.9. The Morgan fingerprint density at radius 2 is 1.97 bits per heavy atom. The summed E-state index contributed by atoms with van der Waals surface area (Å²) in [6.45, 7) is 1.87. The monoisotopic (exact) mass is 385 g/mol. The maximum Gasteiger partial charge on any atom is 0.281 e. The van der Waals surface area contributed by atoms with E-state index in [1.165, 1.54) is 10.6 Å². The Balaban J connectivity index is 1.53. The number of nitrogens with zero attached hydrogens (tertiary/aromatic N) is 3. The number of amides is 1. The normalized spacial score (nSPS) is 15.7. The molecule has 1 atom stereocenters. The van der Waals surface area contributed by atoms with Crippen molar-refractivity contribution in [3.63, 3.8) is 0 Å². The van der Waals surface area contributed by atoms with Gasteiger partial charge in [-0.15, -0.1) is 0 Å². The molecule has 0 N–H and O–H groups in total. The van der Waals surface area contributed by atoms with Crippen molar-refractivity contribution in [1.29, 1.82) is 5.26 Å². The molecule has 0 bridgehead atoms. The molecule has 1 aliphatic rings. The predicted octanol–water partition coefficient (Wildman–Crippen LogP) is 4.22. The summed E-state index contributed by atoms with van der Waals surface area (Å²) in [6, 6.07) is 20.1. The fourth-order valence-corrected chi connectivity index (χ4v) is 3.20. The van der Waals surface area contributed by atoms with Gasteiger partial charge in [0.1, 0.15) is 17.6 Å². The number of benzene rings is 2. The van der Waals surface area contributed by atoms with E-state index in [2.05, 4.69) is 11.2 Å². The predicted molar refractivity (Wildman–Crippen MR) is 107 cm³/mol. The first-order chi connectivity index (χ1) is 14.1. The molecule has 3 aromatic rings. The average molecular weight is 385 g/mol. The zero-order chi connectivity index (χ0) is 20.2. The van der Waals surface area contributed by atoms with Crippen LogP contribution in [0.3, 0.4) is 0 Å². The highest BCUT2D eigenvalue weighted by Crippen LogP contribution is 2.33. The Bertz CT molecular complexity index is 1060. The van der Waals surface area contributed by atoms with Crippen LogP contribution in [0.5, 0.6) is 5.75 Å². The number of hydrogen-bond donors (Lipinski definition) is 0. The van der Waals surface area contributed by atoms with Gasteiger partial charge in [-0.25, -0.2) is 5.01 Å². The van der Waals surface area contributed by atoms with E-state index in [9.17, 15) is 4.79 Å². The summed E-state index contributed by atoms with van der Waals surface area (Å²) in [5.41, 5.74) is 3.51. The summed E-state index contributed by atoms with van der Waals surface area (Å²) < 4.78 is 11.2. The van der Waals surface area contributed by atoms with Gasteiger partial charge >= 0.3 is 0 Å². The van der Waals surface area contributed by atoms with E-state index >= 15 is 0 Å². The van der Waals surface area contributed by atoms with Gasteiger partial charge in [0.2, 0.25) is 0 Å². The van der Waals surface area contributed by atoms with Crippen LogP contribution in [0.2, 0.25) is 0 Å². The van der Waals surface area contributed by atoms with Crippen LogP contribution in [0.25, 0.3) is 0 Å². The van der Waals surface area contributed by atoms with Crippen molar-refractivity contribution in [3.05, 3.63) is 89.4 Å². The highest BCUT2D eigenvalue weighted by atomic mass is 16.5. The fourth-order valence-electron chi connectivity index (χ4n) is 3.20. The van der Waals surface area contributed by atoms with Gasteiger partial charge in [0.15, 0.2) is 6.61 Å². The van der Waals surface area contributed by atoms with Crippen LogP contribution in [0.1, 0.15) is 34.9 Å². The van der Waals surface area contributed by atoms with Gasteiger partial charge in [-0.05, 0) is 48.9 Å². The van der Waals surface area contributed by atoms with Gasteiger partial charge in [-0.2, -0.15) is 10.4 Å². The molecule has 2 aromatic carbocycles. The van der Waals surface area contributed by atoms with Crippen molar-refractivity contribution in [2.75, 3.05) is 6.61 Å². The summed E-state index contributed by atoms with van der Waals surface area (Å²) in [7, 11) is 0. The minimum Gasteiger partial charge on any atom is -0.484 e. The Hall–Kier alpha value is -3.85. The maximum absolute atomic E-state index is 12.9. The minimum absolute atomic E-state index is 0.159. The maximum atomic E-state index is 12.9. The second-order valence-electron chi connectivity index (χ2n) is 6.81. The molecule has 29 heavy (non-hydrogen) atoms. The molecule has 0 spiro atoms. The van der Waals surface area contributed by atoms with Crippen molar-refractivity contribution in [3.8, 4) is 11.8 Å². The van der Waals surface area contributed by atoms with Gasteiger partial charge in [-0.3, -0.25) is 4.79 Å². The molecular weight excluding hydrogens is 366 g/mol. The Labute approximate surface area is 168 Å². The molecule has 6 heteroatoms. The van der Waals surface area contributed by atoms with Gasteiger partial charge in [0.25, 0.3) is 5.91 Å². The van der Waals surface area contributed by atoms with Crippen molar-refractivity contribution in [2.45, 2.75) is 19.4 Å². The summed E-state index contributed by atoms with van der Waals surface area (Å²) in [4.78, 5) is 12.9. The van der Waals surface area contributed by atoms with Gasteiger partial charge in [0, 0.05) is 6.42 Å². The number of hydrazone groups is 1. The van der Waals surface area contributed by atoms with E-state index in [0.717, 1.165) is 11.3 Å². The molecule has 1 aromatic heterocycles. The standard InChI is InChI=1S/C23H19N3O3/c1-16-4-8-18(9-5-16)20-13-21(22-3-2-12-28-22)26(25-20)23(27)15-29-19-10-6-17(14-24)7-11-19/h2-12,21H,13,15H2,1H3. The molecule has 1 aliphatic heterocycles. The lowest BCUT2D eigenvalue weighted by Crippen LogP contribution is -2.31. The number of rotatable bonds is 5. The second kappa shape index (κ2) is 8.03. The van der Waals surface area contributed by atoms with Crippen molar-refractivity contribution >= 4 is 11.6 Å². The molecule has 0 aliphatic carbocycles. The van der Waals surface area contributed by atoms with Crippen LogP contribution < -0.4 is 4.74 Å². The first-order valence-electron chi connectivity index (χ1n) is 9.27. The number of aryl methyl sites for hydroxylation is 1. The number of hydrogen-bond acceptors (Lipinski definition) is 5. The Morgan fingerprint density at radius 3 is 2.62 bits per heavy atom. The quantitative estimate of drug-likeness (QED) is 0.659. The molecule has 0 radical (unpaired) electrons. The Kier molecular flexibility index (Phi) is 5.12. The number of carbonyl (C=O) groups excluding carboxylic acids is 1.